The molecule has 0 aromatic heterocycles. The Kier molecular flexibility index (Phi) is 6.86. The van der Waals surface area contributed by atoms with E-state index in [1.165, 1.54) is 22.6 Å². The molecular weight excluding hydrogens is 518 g/mol. The molecule has 0 N–H and O–H groups in total. The van der Waals surface area contributed by atoms with Crippen LogP contribution >= 0.6 is 22.6 Å². The van der Waals surface area contributed by atoms with Crippen LogP contribution in [0.5, 0.6) is 0 Å². The van der Waals surface area contributed by atoms with E-state index in [-0.39, 0.29) is 0 Å². The maximum atomic E-state index is 14.0. The van der Waals surface area contributed by atoms with E-state index < -0.39 is 55.1 Å². The van der Waals surface area contributed by atoms with Gasteiger partial charge >= 0.3 is 26.8 Å². The predicted molar refractivity (Wildman–Crippen MR) is 92.2 cm³/mol. The van der Waals surface area contributed by atoms with E-state index in [0.717, 1.165) is 0 Å². The molecule has 27 heavy (non-hydrogen) atoms. The molecule has 0 spiro atoms. The third kappa shape index (κ3) is 4.90. The number of nitrogens with zero attached hydrogens (tertiary/aromatic N) is 1. The van der Waals surface area contributed by atoms with E-state index in [9.17, 15) is 30.7 Å². The van der Waals surface area contributed by atoms with Crippen molar-refractivity contribution < 1.29 is 44.0 Å². The number of hydrogen-bond donors (Lipinski definition) is 0. The van der Waals surface area contributed by atoms with Gasteiger partial charge in [-0.15, -0.1) is 0 Å². The van der Waals surface area contributed by atoms with Gasteiger partial charge in [0.1, 0.15) is 0 Å². The Labute approximate surface area is 167 Å². The van der Waals surface area contributed by atoms with Crippen LogP contribution < -0.4 is 0 Å². The van der Waals surface area contributed by atoms with Gasteiger partial charge in [0.2, 0.25) is 0 Å². The molecule has 13 heteroatoms. The molecule has 3 fully saturated rings. The summed E-state index contributed by atoms with van der Waals surface area (Å²) in [4.78, 5) is 2.01. The van der Waals surface area contributed by atoms with Crippen LogP contribution in [0.1, 0.15) is 27.2 Å². The molecule has 3 saturated heterocycles. The highest BCUT2D eigenvalue weighted by Gasteiger charge is 2.74. The quantitative estimate of drug-likeness (QED) is 0.234. The van der Waals surface area contributed by atoms with Gasteiger partial charge in [0, 0.05) is 26.1 Å². The van der Waals surface area contributed by atoms with E-state index >= 15 is 0 Å². The number of hydrogen-bond acceptors (Lipinski definition) is 4. The summed E-state index contributed by atoms with van der Waals surface area (Å²) in [6.45, 7) is 6.32. The average molecular weight is 539 g/mol. The fourth-order valence-corrected chi connectivity index (χ4v) is 8.15. The van der Waals surface area contributed by atoms with Crippen LogP contribution in [-0.2, 0) is 13.3 Å². The number of halogens is 8. The van der Waals surface area contributed by atoms with Gasteiger partial charge in [-0.05, 0) is 20.8 Å². The zero-order chi connectivity index (χ0) is 20.8. The maximum Gasteiger partial charge on any atom is 0.515 e. The predicted octanol–water partition coefficient (Wildman–Crippen LogP) is 4.04. The molecule has 0 saturated carbocycles. The first-order chi connectivity index (χ1) is 12.1. The highest BCUT2D eigenvalue weighted by molar-refractivity contribution is 14.1. The van der Waals surface area contributed by atoms with Crippen molar-refractivity contribution in [2.75, 3.05) is 19.6 Å². The zero-order valence-electron chi connectivity index (χ0n) is 14.8. The standard InChI is InChI=1S/C14H21F7INO3Si/c1-8-5-23-6-9(2)25-27(24-8,26-10(3)7-23)11(22)4-12(15,16)13(17,18)14(19,20)21/h8-11H,4-7H2,1-3H3. The van der Waals surface area contributed by atoms with Gasteiger partial charge in [0.05, 0.1) is 21.9 Å². The van der Waals surface area contributed by atoms with E-state index in [4.69, 9.17) is 13.3 Å². The summed E-state index contributed by atoms with van der Waals surface area (Å²) in [5.41, 5.74) is 0. The highest BCUT2D eigenvalue weighted by Crippen LogP contribution is 2.50. The number of alkyl halides is 8. The molecule has 0 amide bonds. The van der Waals surface area contributed by atoms with E-state index in [0.29, 0.717) is 19.6 Å². The van der Waals surface area contributed by atoms with Gasteiger partial charge in [-0.2, -0.15) is 30.7 Å². The van der Waals surface area contributed by atoms with Crippen LogP contribution in [-0.4, -0.2) is 73.2 Å². The summed E-state index contributed by atoms with van der Waals surface area (Å²) in [6, 6.07) is 0. The average Bonchev–Trinajstić information content (AvgIpc) is 2.41. The Morgan fingerprint density at radius 1 is 0.889 bits per heavy atom. The Hall–Kier alpha value is 0.297. The van der Waals surface area contributed by atoms with Crippen LogP contribution in [0.15, 0.2) is 0 Å². The molecule has 4 unspecified atom stereocenters. The van der Waals surface area contributed by atoms with Gasteiger partial charge in [-0.1, -0.05) is 22.6 Å². The molecule has 4 nitrogen and oxygen atoms in total. The van der Waals surface area contributed by atoms with Crippen LogP contribution in [0.2, 0.25) is 0 Å². The summed E-state index contributed by atoms with van der Waals surface area (Å²) in [7, 11) is -3.99. The Morgan fingerprint density at radius 3 is 1.59 bits per heavy atom. The van der Waals surface area contributed by atoms with Crippen molar-refractivity contribution in [2.45, 2.75) is 67.1 Å². The lowest BCUT2D eigenvalue weighted by Gasteiger charge is -2.47. The molecule has 3 aliphatic heterocycles. The Balaban J connectivity index is 2.33. The molecule has 0 aliphatic carbocycles. The van der Waals surface area contributed by atoms with E-state index in [1.807, 2.05) is 4.90 Å². The van der Waals surface area contributed by atoms with Crippen LogP contribution in [0, 0.1) is 0 Å². The largest absolute Gasteiger partial charge is 0.515 e. The lowest BCUT2D eigenvalue weighted by Crippen LogP contribution is -2.66. The van der Waals surface area contributed by atoms with Crippen LogP contribution in [0.3, 0.4) is 0 Å². The minimum absolute atomic E-state index is 0.453. The summed E-state index contributed by atoms with van der Waals surface area (Å²) < 4.78 is 108. The van der Waals surface area contributed by atoms with Crippen molar-refractivity contribution in [2.24, 2.45) is 0 Å². The maximum absolute atomic E-state index is 14.0. The highest BCUT2D eigenvalue weighted by atomic mass is 127. The van der Waals surface area contributed by atoms with Gasteiger partial charge < -0.3 is 13.3 Å². The molecule has 0 aromatic carbocycles. The SMILES string of the molecule is CC1CN2CC(C)O[Si](C(I)CC(F)(F)C(F)(F)C(F)(F)F)(O1)OC(C)C2. The first-order valence-electron chi connectivity index (χ1n) is 8.32. The summed E-state index contributed by atoms with van der Waals surface area (Å²) >= 11 is 1.40. The lowest BCUT2D eigenvalue weighted by atomic mass is 10.1. The zero-order valence-corrected chi connectivity index (χ0v) is 18.0. The Bertz CT molecular complexity index is 503. The second-order valence-electron chi connectivity index (χ2n) is 7.06. The van der Waals surface area contributed by atoms with Gasteiger partial charge in [-0.25, -0.2) is 0 Å². The van der Waals surface area contributed by atoms with Crippen molar-refractivity contribution in [1.82, 2.24) is 4.90 Å². The minimum atomic E-state index is -6.37. The normalized spacial score (nSPS) is 37.4. The molecule has 4 atom stereocenters. The monoisotopic (exact) mass is 539 g/mol. The molecule has 2 bridgehead atoms. The lowest BCUT2D eigenvalue weighted by molar-refractivity contribution is -0.355. The first-order valence-corrected chi connectivity index (χ1v) is 11.4. The van der Waals surface area contributed by atoms with Crippen molar-refractivity contribution in [1.29, 1.82) is 0 Å². The van der Waals surface area contributed by atoms with Gasteiger partial charge in [0.15, 0.2) is 0 Å². The topological polar surface area (TPSA) is 30.9 Å². The fourth-order valence-electron chi connectivity index (χ4n) is 3.26. The second kappa shape index (κ2) is 7.85. The first kappa shape index (κ1) is 23.6. The van der Waals surface area contributed by atoms with Gasteiger partial charge in [-0.3, -0.25) is 4.90 Å². The molecule has 3 heterocycles. The van der Waals surface area contributed by atoms with Crippen LogP contribution in [0.25, 0.3) is 0 Å². The van der Waals surface area contributed by atoms with Crippen molar-refractivity contribution in [3.63, 3.8) is 0 Å². The Morgan fingerprint density at radius 2 is 1.26 bits per heavy atom. The number of fused-ring (bicyclic) bond motifs is 6. The molecular formula is C14H21F7INO3Si. The fraction of sp³-hybridized carbons (Fsp3) is 1.00. The summed E-state index contributed by atoms with van der Waals surface area (Å²) in [5.74, 6) is -11.5. The molecule has 0 aromatic rings. The number of rotatable bonds is 4. The van der Waals surface area contributed by atoms with Gasteiger partial charge in [0.25, 0.3) is 0 Å². The summed E-state index contributed by atoms with van der Waals surface area (Å²) in [5, 5.41) is 0. The van der Waals surface area contributed by atoms with E-state index in [2.05, 4.69) is 0 Å². The molecule has 3 rings (SSSR count). The second-order valence-corrected chi connectivity index (χ2v) is 12.3. The molecule has 3 aliphatic rings. The molecule has 0 radical (unpaired) electrons. The third-order valence-electron chi connectivity index (χ3n) is 4.28. The van der Waals surface area contributed by atoms with Crippen molar-refractivity contribution in [3.8, 4) is 0 Å². The minimum Gasteiger partial charge on any atom is -0.369 e. The summed E-state index contributed by atoms with van der Waals surface area (Å²) in [6.07, 6.45) is -9.67. The van der Waals surface area contributed by atoms with E-state index in [1.54, 1.807) is 20.8 Å². The smallest absolute Gasteiger partial charge is 0.369 e. The van der Waals surface area contributed by atoms with Crippen LogP contribution in [0.4, 0.5) is 30.7 Å². The molecule has 160 valence electrons. The van der Waals surface area contributed by atoms with Crippen molar-refractivity contribution >= 4 is 31.4 Å². The van der Waals surface area contributed by atoms with Crippen molar-refractivity contribution in [3.05, 3.63) is 0 Å². The third-order valence-corrected chi connectivity index (χ3v) is 10.2.